The molecule has 0 bridgehead atoms. The van der Waals surface area contributed by atoms with Crippen molar-refractivity contribution < 1.29 is 37.5 Å². The van der Waals surface area contributed by atoms with Gasteiger partial charge in [-0.1, -0.05) is 20.8 Å². The number of carbonyl (C=O) groups excluding carboxylic acids is 2. The highest BCUT2D eigenvalue weighted by Crippen LogP contribution is 2.61. The van der Waals surface area contributed by atoms with Crippen molar-refractivity contribution in [1.82, 2.24) is 5.06 Å². The van der Waals surface area contributed by atoms with Gasteiger partial charge in [-0.3, -0.25) is 14.2 Å². The Balaban J connectivity index is 6.54. The third kappa shape index (κ3) is 9.29. The summed E-state index contributed by atoms with van der Waals surface area (Å²) < 4.78 is 35.5. The molecule has 0 heterocycles. The van der Waals surface area contributed by atoms with Crippen LogP contribution in [0.1, 0.15) is 82.6 Å². The average Bonchev–Trinajstić information content (AvgIpc) is 2.64. The number of ether oxygens (including phenoxy) is 2. The SMILES string of the molecule is CCOC(=O)C(C)(C)CC(ON(C(C(C)(C)C)P(=O)(OCC)OCC)C(C)(C)C)C(=O)OC. The van der Waals surface area contributed by atoms with Gasteiger partial charge in [-0.05, 0) is 60.8 Å². The fourth-order valence-electron chi connectivity index (χ4n) is 3.38. The molecule has 0 aliphatic carbocycles. The highest BCUT2D eigenvalue weighted by Gasteiger charge is 2.52. The molecule has 0 aromatic heterocycles. The van der Waals surface area contributed by atoms with Gasteiger partial charge in [0.25, 0.3) is 0 Å². The van der Waals surface area contributed by atoms with Crippen LogP contribution < -0.4 is 0 Å². The summed E-state index contributed by atoms with van der Waals surface area (Å²) in [5, 5.41) is 1.52. The van der Waals surface area contributed by atoms with Crippen molar-refractivity contribution in [3.05, 3.63) is 0 Å². The Morgan fingerprint density at radius 2 is 1.36 bits per heavy atom. The second kappa shape index (κ2) is 12.6. The lowest BCUT2D eigenvalue weighted by molar-refractivity contribution is -0.270. The van der Waals surface area contributed by atoms with Crippen LogP contribution in [0.3, 0.4) is 0 Å². The summed E-state index contributed by atoms with van der Waals surface area (Å²) in [6.45, 7) is 20.5. The third-order valence-electron chi connectivity index (χ3n) is 4.80. The average molecular weight is 496 g/mol. The standard InChI is InChI=1S/C23H46NO8P/c1-13-29-20(26)23(10,11)16-17(18(25)28-12)32-24(22(7,8)9)19(21(4,5)6)33(27,30-14-2)31-15-3/h17,19H,13-16H2,1-12H3. The number of carbonyl (C=O) groups is 2. The molecule has 0 radical (unpaired) electrons. The molecule has 0 saturated carbocycles. The molecule has 0 aromatic carbocycles. The number of hydroxylamine groups is 2. The van der Waals surface area contributed by atoms with Crippen molar-refractivity contribution in [2.45, 2.75) is 100 Å². The van der Waals surface area contributed by atoms with E-state index < -0.39 is 47.8 Å². The molecule has 2 unspecified atom stereocenters. The second-order valence-corrected chi connectivity index (χ2v) is 12.6. The summed E-state index contributed by atoms with van der Waals surface area (Å²) in [6.07, 6.45) is -1.16. The van der Waals surface area contributed by atoms with E-state index in [0.717, 1.165) is 0 Å². The zero-order chi connectivity index (χ0) is 26.3. The molecule has 0 saturated heterocycles. The van der Waals surface area contributed by atoms with Crippen LogP contribution in [-0.2, 0) is 37.5 Å². The Morgan fingerprint density at radius 3 is 1.70 bits per heavy atom. The van der Waals surface area contributed by atoms with Crippen molar-refractivity contribution in [3.8, 4) is 0 Å². The Morgan fingerprint density at radius 1 is 0.879 bits per heavy atom. The van der Waals surface area contributed by atoms with Crippen LogP contribution in [0.15, 0.2) is 0 Å². The summed E-state index contributed by atoms with van der Waals surface area (Å²) in [5.74, 6) is -1.97. The first kappa shape index (κ1) is 32.0. The monoisotopic (exact) mass is 495 g/mol. The van der Waals surface area contributed by atoms with E-state index in [9.17, 15) is 14.2 Å². The molecule has 0 aromatic rings. The summed E-state index contributed by atoms with van der Waals surface area (Å²) in [6, 6.07) is 0. The lowest BCUT2D eigenvalue weighted by Crippen LogP contribution is -2.56. The molecule has 10 heteroatoms. The minimum atomic E-state index is -3.72. The molecule has 0 spiro atoms. The Hall–Kier alpha value is -0.990. The van der Waals surface area contributed by atoms with E-state index in [1.807, 2.05) is 41.5 Å². The summed E-state index contributed by atoms with van der Waals surface area (Å²) in [5.41, 5.74) is -2.38. The van der Waals surface area contributed by atoms with Gasteiger partial charge in [-0.25, -0.2) is 4.79 Å². The lowest BCUT2D eigenvalue weighted by Gasteiger charge is -2.48. The molecule has 0 N–H and O–H groups in total. The van der Waals surface area contributed by atoms with E-state index in [0.29, 0.717) is 0 Å². The third-order valence-corrected chi connectivity index (χ3v) is 7.62. The van der Waals surface area contributed by atoms with E-state index >= 15 is 0 Å². The van der Waals surface area contributed by atoms with Gasteiger partial charge in [0.1, 0.15) is 5.78 Å². The van der Waals surface area contributed by atoms with Gasteiger partial charge in [0.15, 0.2) is 6.10 Å². The fourth-order valence-corrected chi connectivity index (χ4v) is 6.06. The van der Waals surface area contributed by atoms with Crippen LogP contribution in [0.2, 0.25) is 0 Å². The maximum Gasteiger partial charge on any atom is 0.350 e. The van der Waals surface area contributed by atoms with E-state index in [2.05, 4.69) is 0 Å². The first-order valence-corrected chi connectivity index (χ1v) is 13.1. The summed E-state index contributed by atoms with van der Waals surface area (Å²) >= 11 is 0. The first-order chi connectivity index (χ1) is 14.9. The minimum Gasteiger partial charge on any atom is -0.467 e. The van der Waals surface area contributed by atoms with E-state index in [1.54, 1.807) is 34.6 Å². The normalized spacial score (nSPS) is 15.3. The molecule has 0 aliphatic heterocycles. The number of methoxy groups -OCH3 is 1. The highest BCUT2D eigenvalue weighted by molar-refractivity contribution is 7.54. The molecular weight excluding hydrogens is 449 g/mol. The largest absolute Gasteiger partial charge is 0.467 e. The molecule has 9 nitrogen and oxygen atoms in total. The number of hydrogen-bond acceptors (Lipinski definition) is 9. The molecule has 0 aliphatic rings. The van der Waals surface area contributed by atoms with Crippen LogP contribution in [0, 0.1) is 10.8 Å². The molecule has 196 valence electrons. The molecule has 2 atom stereocenters. The number of esters is 2. The zero-order valence-electron chi connectivity index (χ0n) is 22.6. The zero-order valence-corrected chi connectivity index (χ0v) is 23.5. The minimum absolute atomic E-state index is 0.00444. The maximum absolute atomic E-state index is 14.0. The summed E-state index contributed by atoms with van der Waals surface area (Å²) in [7, 11) is -2.47. The van der Waals surface area contributed by atoms with Crippen molar-refractivity contribution in [3.63, 3.8) is 0 Å². The van der Waals surface area contributed by atoms with Crippen LogP contribution in [0.4, 0.5) is 0 Å². The highest BCUT2D eigenvalue weighted by atomic mass is 31.2. The lowest BCUT2D eigenvalue weighted by atomic mass is 9.86. The van der Waals surface area contributed by atoms with Gasteiger partial charge in [0, 0.05) is 12.0 Å². The smallest absolute Gasteiger partial charge is 0.350 e. The van der Waals surface area contributed by atoms with E-state index in [1.165, 1.54) is 12.2 Å². The first-order valence-electron chi connectivity index (χ1n) is 11.5. The predicted octanol–water partition coefficient (Wildman–Crippen LogP) is 5.18. The van der Waals surface area contributed by atoms with Gasteiger partial charge in [0.05, 0.1) is 32.3 Å². The molecule has 0 fully saturated rings. The van der Waals surface area contributed by atoms with Crippen molar-refractivity contribution in [2.75, 3.05) is 26.9 Å². The van der Waals surface area contributed by atoms with Gasteiger partial charge in [-0.2, -0.15) is 5.06 Å². The van der Waals surface area contributed by atoms with E-state index in [4.69, 9.17) is 23.4 Å². The van der Waals surface area contributed by atoms with Crippen molar-refractivity contribution in [2.24, 2.45) is 10.8 Å². The quantitative estimate of drug-likeness (QED) is 0.194. The van der Waals surface area contributed by atoms with Crippen molar-refractivity contribution >= 4 is 19.5 Å². The predicted molar refractivity (Wildman–Crippen MR) is 128 cm³/mol. The molecule has 33 heavy (non-hydrogen) atoms. The maximum atomic E-state index is 14.0. The van der Waals surface area contributed by atoms with Gasteiger partial charge >= 0.3 is 19.5 Å². The van der Waals surface area contributed by atoms with Gasteiger partial charge < -0.3 is 18.5 Å². The second-order valence-electron chi connectivity index (χ2n) is 10.5. The van der Waals surface area contributed by atoms with Crippen molar-refractivity contribution in [1.29, 1.82) is 0 Å². The van der Waals surface area contributed by atoms with Crippen LogP contribution in [0.5, 0.6) is 0 Å². The number of rotatable bonds is 13. The molecule has 0 rings (SSSR count). The summed E-state index contributed by atoms with van der Waals surface area (Å²) in [4.78, 5) is 31.5. The van der Waals surface area contributed by atoms with Crippen LogP contribution in [-0.4, -0.2) is 61.4 Å². The van der Waals surface area contributed by atoms with Crippen LogP contribution in [0.25, 0.3) is 0 Å². The topological polar surface area (TPSA) is 101 Å². The van der Waals surface area contributed by atoms with Crippen LogP contribution >= 0.6 is 7.60 Å². The Bertz CT molecular complexity index is 671. The number of hydrogen-bond donors (Lipinski definition) is 0. The number of nitrogens with zero attached hydrogens (tertiary/aromatic N) is 1. The molecular formula is C23H46NO8P. The Labute approximate surface area is 200 Å². The van der Waals surface area contributed by atoms with Gasteiger partial charge in [0.2, 0.25) is 0 Å². The Kier molecular flexibility index (Phi) is 12.3. The molecule has 0 amide bonds. The van der Waals surface area contributed by atoms with E-state index in [-0.39, 0.29) is 26.2 Å². The fraction of sp³-hybridized carbons (Fsp3) is 0.913. The van der Waals surface area contributed by atoms with Gasteiger partial charge in [-0.15, -0.1) is 0 Å².